The number of pyridine rings is 2. The summed E-state index contributed by atoms with van der Waals surface area (Å²) in [5.74, 6) is 0.293. The van der Waals surface area contributed by atoms with E-state index in [2.05, 4.69) is 40.1 Å². The zero-order valence-electron chi connectivity index (χ0n) is 18.9. The van der Waals surface area contributed by atoms with Gasteiger partial charge in [0, 0.05) is 41.8 Å². The minimum Gasteiger partial charge on any atom is -0.489 e. The molecule has 1 aliphatic heterocycles. The number of hydrogen-bond acceptors (Lipinski definition) is 5. The van der Waals surface area contributed by atoms with E-state index in [1.807, 2.05) is 38.1 Å². The smallest absolute Gasteiger partial charge is 0.255 e. The number of fused-ring (bicyclic) bond motifs is 1. The number of H-pyrrole nitrogens is 1. The Balaban J connectivity index is 1.73. The van der Waals surface area contributed by atoms with E-state index in [9.17, 15) is 9.59 Å². The summed E-state index contributed by atoms with van der Waals surface area (Å²) in [6.45, 7) is 9.35. The number of carbonyl (C=O) groups excluding carboxylic acids is 1. The molecule has 7 nitrogen and oxygen atoms in total. The van der Waals surface area contributed by atoms with Crippen molar-refractivity contribution in [2.24, 2.45) is 0 Å². The van der Waals surface area contributed by atoms with Crippen LogP contribution < -0.4 is 20.5 Å². The molecular weight excluding hydrogens is 404 g/mol. The zero-order chi connectivity index (χ0) is 22.8. The number of aromatic nitrogens is 2. The molecule has 0 saturated carbocycles. The van der Waals surface area contributed by atoms with Crippen LogP contribution in [0.2, 0.25) is 0 Å². The van der Waals surface area contributed by atoms with Crippen molar-refractivity contribution in [1.29, 1.82) is 0 Å². The average molecular weight is 433 g/mol. The molecule has 0 bridgehead atoms. The van der Waals surface area contributed by atoms with Crippen molar-refractivity contribution in [3.8, 4) is 16.9 Å². The first kappa shape index (κ1) is 21.6. The fourth-order valence-corrected chi connectivity index (χ4v) is 4.12. The predicted molar refractivity (Wildman–Crippen MR) is 125 cm³/mol. The van der Waals surface area contributed by atoms with Crippen LogP contribution in [0.15, 0.2) is 47.5 Å². The number of ether oxygens (including phenoxy) is 1. The third kappa shape index (κ3) is 4.23. The fraction of sp³-hybridized carbons (Fsp3) is 0.320. The van der Waals surface area contributed by atoms with Crippen molar-refractivity contribution in [1.82, 2.24) is 15.3 Å². The normalized spacial score (nSPS) is 13.0. The van der Waals surface area contributed by atoms with Crippen molar-refractivity contribution in [2.45, 2.75) is 40.3 Å². The fourth-order valence-electron chi connectivity index (χ4n) is 4.12. The van der Waals surface area contributed by atoms with Crippen molar-refractivity contribution < 1.29 is 9.53 Å². The summed E-state index contributed by atoms with van der Waals surface area (Å²) < 4.78 is 5.98. The highest BCUT2D eigenvalue weighted by Crippen LogP contribution is 2.40. The molecule has 0 spiro atoms. The first-order chi connectivity index (χ1) is 15.3. The quantitative estimate of drug-likeness (QED) is 0.643. The lowest BCUT2D eigenvalue weighted by Gasteiger charge is -2.35. The Bertz CT molecular complexity index is 1200. The van der Waals surface area contributed by atoms with Crippen LogP contribution in [0.5, 0.6) is 5.75 Å². The van der Waals surface area contributed by atoms with Crippen LogP contribution in [0.1, 0.15) is 41.0 Å². The third-order valence-corrected chi connectivity index (χ3v) is 5.74. The molecule has 0 unspecified atom stereocenters. The summed E-state index contributed by atoms with van der Waals surface area (Å²) in [6, 6.07) is 9.88. The molecule has 166 valence electrons. The maximum atomic E-state index is 13.3. The van der Waals surface area contributed by atoms with Gasteiger partial charge in [-0.05, 0) is 63.1 Å². The molecule has 0 saturated heterocycles. The lowest BCUT2D eigenvalue weighted by atomic mass is 9.99. The number of aryl methyl sites for hydroxylation is 2. The third-order valence-electron chi connectivity index (χ3n) is 5.74. The molecule has 2 N–H and O–H groups in total. The van der Waals surface area contributed by atoms with Crippen LogP contribution in [0, 0.1) is 13.8 Å². The molecular formula is C25H28N4O3. The van der Waals surface area contributed by atoms with Crippen molar-refractivity contribution in [3.63, 3.8) is 0 Å². The zero-order valence-corrected chi connectivity index (χ0v) is 18.9. The van der Waals surface area contributed by atoms with Crippen LogP contribution in [-0.4, -0.2) is 35.1 Å². The lowest BCUT2D eigenvalue weighted by Crippen LogP contribution is -2.39. The molecule has 0 radical (unpaired) electrons. The molecule has 32 heavy (non-hydrogen) atoms. The van der Waals surface area contributed by atoms with Gasteiger partial charge in [0.1, 0.15) is 6.61 Å². The molecule has 4 rings (SSSR count). The van der Waals surface area contributed by atoms with E-state index in [0.717, 1.165) is 34.6 Å². The highest BCUT2D eigenvalue weighted by Gasteiger charge is 2.27. The molecule has 1 aliphatic rings. The number of nitrogens with zero attached hydrogens (tertiary/aromatic N) is 2. The van der Waals surface area contributed by atoms with Gasteiger partial charge in [-0.1, -0.05) is 6.07 Å². The van der Waals surface area contributed by atoms with Crippen molar-refractivity contribution in [2.75, 3.05) is 18.1 Å². The Hall–Kier alpha value is -3.61. The number of rotatable bonds is 5. The number of hydrogen-bond donors (Lipinski definition) is 2. The van der Waals surface area contributed by atoms with E-state index in [0.29, 0.717) is 23.5 Å². The topological polar surface area (TPSA) is 87.3 Å². The highest BCUT2D eigenvalue weighted by molar-refractivity contribution is 6.01. The van der Waals surface area contributed by atoms with Crippen LogP contribution >= 0.6 is 0 Å². The molecule has 1 amide bonds. The van der Waals surface area contributed by atoms with Gasteiger partial charge in [-0.15, -0.1) is 0 Å². The molecule has 0 fully saturated rings. The van der Waals surface area contributed by atoms with E-state index >= 15 is 0 Å². The number of nitrogens with one attached hydrogen (secondary N) is 2. The number of anilines is 1. The van der Waals surface area contributed by atoms with Gasteiger partial charge in [0.05, 0.1) is 17.8 Å². The minimum absolute atomic E-state index is 0.139. The van der Waals surface area contributed by atoms with Gasteiger partial charge in [-0.25, -0.2) is 0 Å². The van der Waals surface area contributed by atoms with E-state index in [1.165, 1.54) is 0 Å². The SMILES string of the molecule is Cc1cc(C)c(CNC(=O)c2cc(-c3cccnc3)cc3c2OCCN3C(C)C)c(=O)[nH]1. The molecule has 0 aliphatic carbocycles. The van der Waals surface area contributed by atoms with Crippen LogP contribution in [0.3, 0.4) is 0 Å². The molecule has 3 aromatic rings. The van der Waals surface area contributed by atoms with Gasteiger partial charge in [-0.3, -0.25) is 14.6 Å². The Morgan fingerprint density at radius 2 is 2.06 bits per heavy atom. The Labute approximate surface area is 187 Å². The largest absolute Gasteiger partial charge is 0.489 e. The summed E-state index contributed by atoms with van der Waals surface area (Å²) in [6.07, 6.45) is 3.50. The summed E-state index contributed by atoms with van der Waals surface area (Å²) in [7, 11) is 0. The van der Waals surface area contributed by atoms with Gasteiger partial charge < -0.3 is 19.9 Å². The highest BCUT2D eigenvalue weighted by atomic mass is 16.5. The van der Waals surface area contributed by atoms with Crippen LogP contribution in [-0.2, 0) is 6.54 Å². The number of amides is 1. The number of aromatic amines is 1. The lowest BCUT2D eigenvalue weighted by molar-refractivity contribution is 0.0946. The number of carbonyl (C=O) groups is 1. The van der Waals surface area contributed by atoms with Crippen LogP contribution in [0.4, 0.5) is 5.69 Å². The minimum atomic E-state index is -0.281. The van der Waals surface area contributed by atoms with E-state index < -0.39 is 0 Å². The standard InChI is InChI=1S/C25H28N4O3/c1-15(2)29-8-9-32-23-20(11-19(12-22(23)29)18-6-5-7-26-13-18)24(30)27-14-21-16(3)10-17(4)28-25(21)31/h5-7,10-13,15H,8-9,14H2,1-4H3,(H,27,30)(H,28,31). The van der Waals surface area contributed by atoms with E-state index in [-0.39, 0.29) is 24.1 Å². The maximum Gasteiger partial charge on any atom is 0.255 e. The monoisotopic (exact) mass is 432 g/mol. The summed E-state index contributed by atoms with van der Waals surface area (Å²) in [5, 5.41) is 2.92. The summed E-state index contributed by atoms with van der Waals surface area (Å²) >= 11 is 0. The molecule has 3 heterocycles. The second-order valence-corrected chi connectivity index (χ2v) is 8.38. The summed E-state index contributed by atoms with van der Waals surface area (Å²) in [5.41, 5.74) is 5.16. The van der Waals surface area contributed by atoms with E-state index in [1.54, 1.807) is 12.4 Å². The van der Waals surface area contributed by atoms with Gasteiger partial charge in [0.15, 0.2) is 5.75 Å². The van der Waals surface area contributed by atoms with Gasteiger partial charge in [-0.2, -0.15) is 0 Å². The first-order valence-corrected chi connectivity index (χ1v) is 10.8. The molecule has 2 aromatic heterocycles. The molecule has 7 heteroatoms. The molecule has 1 aromatic carbocycles. The molecule has 0 atom stereocenters. The van der Waals surface area contributed by atoms with Gasteiger partial charge in [0.2, 0.25) is 0 Å². The van der Waals surface area contributed by atoms with Crippen LogP contribution in [0.25, 0.3) is 11.1 Å². The first-order valence-electron chi connectivity index (χ1n) is 10.8. The second-order valence-electron chi connectivity index (χ2n) is 8.38. The van der Waals surface area contributed by atoms with Crippen molar-refractivity contribution >= 4 is 11.6 Å². The number of benzene rings is 1. The Morgan fingerprint density at radius 3 is 2.75 bits per heavy atom. The van der Waals surface area contributed by atoms with Gasteiger partial charge in [0.25, 0.3) is 11.5 Å². The second kappa shape index (κ2) is 8.86. The van der Waals surface area contributed by atoms with Crippen molar-refractivity contribution in [3.05, 3.63) is 75.5 Å². The Kier molecular flexibility index (Phi) is 5.99. The van der Waals surface area contributed by atoms with Gasteiger partial charge >= 0.3 is 0 Å². The van der Waals surface area contributed by atoms with E-state index in [4.69, 9.17) is 4.74 Å². The predicted octanol–water partition coefficient (Wildman–Crippen LogP) is 3.59. The summed E-state index contributed by atoms with van der Waals surface area (Å²) in [4.78, 5) is 34.9. The Morgan fingerprint density at radius 1 is 1.25 bits per heavy atom. The maximum absolute atomic E-state index is 13.3. The average Bonchev–Trinajstić information content (AvgIpc) is 2.77.